The van der Waals surface area contributed by atoms with Gasteiger partial charge in [0.25, 0.3) is 0 Å². The van der Waals surface area contributed by atoms with E-state index in [2.05, 4.69) is 9.71 Å². The summed E-state index contributed by atoms with van der Waals surface area (Å²) in [6.45, 7) is 1.93. The summed E-state index contributed by atoms with van der Waals surface area (Å²) in [5.41, 5.74) is 5.61. The second-order valence-electron chi connectivity index (χ2n) is 3.98. The van der Waals surface area contributed by atoms with E-state index in [4.69, 9.17) is 5.73 Å². The Morgan fingerprint density at radius 3 is 2.79 bits per heavy atom. The number of nitrogens with zero attached hydrogens (tertiary/aromatic N) is 1. The van der Waals surface area contributed by atoms with Crippen molar-refractivity contribution in [3.63, 3.8) is 0 Å². The smallest absolute Gasteiger partial charge is 0.244 e. The SMILES string of the molecule is CCC(NS(=O)(=O)c1cccnc1N)c1cccs1. The van der Waals surface area contributed by atoms with Crippen LogP contribution in [0.3, 0.4) is 0 Å². The van der Waals surface area contributed by atoms with Gasteiger partial charge in [-0.25, -0.2) is 18.1 Å². The van der Waals surface area contributed by atoms with Crippen LogP contribution in [0.5, 0.6) is 0 Å². The van der Waals surface area contributed by atoms with Crippen molar-refractivity contribution < 1.29 is 8.42 Å². The first kappa shape index (κ1) is 14.0. The molecule has 1 unspecified atom stereocenters. The van der Waals surface area contributed by atoms with Crippen LogP contribution in [0.4, 0.5) is 5.82 Å². The number of nitrogens with one attached hydrogen (secondary N) is 1. The molecule has 0 spiro atoms. The quantitative estimate of drug-likeness (QED) is 0.885. The summed E-state index contributed by atoms with van der Waals surface area (Å²) < 4.78 is 27.2. The van der Waals surface area contributed by atoms with E-state index in [1.54, 1.807) is 6.07 Å². The van der Waals surface area contributed by atoms with Crippen LogP contribution in [0.1, 0.15) is 24.3 Å². The predicted octanol–water partition coefficient (Wildman–Crippen LogP) is 2.15. The fourth-order valence-electron chi connectivity index (χ4n) is 1.71. The first-order chi connectivity index (χ1) is 9.04. The van der Waals surface area contributed by atoms with Gasteiger partial charge in [-0.3, -0.25) is 0 Å². The molecule has 7 heteroatoms. The molecule has 0 aliphatic rings. The van der Waals surface area contributed by atoms with E-state index in [9.17, 15) is 8.42 Å². The van der Waals surface area contributed by atoms with Gasteiger partial charge >= 0.3 is 0 Å². The number of hydrogen-bond donors (Lipinski definition) is 2. The number of anilines is 1. The molecule has 0 saturated carbocycles. The lowest BCUT2D eigenvalue weighted by molar-refractivity contribution is 0.553. The molecule has 0 amide bonds. The molecular formula is C12H15N3O2S2. The Hall–Kier alpha value is -1.44. The van der Waals surface area contributed by atoms with E-state index in [1.165, 1.54) is 23.6 Å². The van der Waals surface area contributed by atoms with Crippen molar-refractivity contribution in [1.82, 2.24) is 9.71 Å². The maximum absolute atomic E-state index is 12.3. The van der Waals surface area contributed by atoms with Crippen molar-refractivity contribution in [2.24, 2.45) is 0 Å². The monoisotopic (exact) mass is 297 g/mol. The molecule has 0 bridgehead atoms. The van der Waals surface area contributed by atoms with E-state index in [1.807, 2.05) is 24.4 Å². The highest BCUT2D eigenvalue weighted by molar-refractivity contribution is 7.89. The minimum absolute atomic E-state index is 0.0102. The van der Waals surface area contributed by atoms with Gasteiger partial charge in [0.15, 0.2) is 0 Å². The maximum Gasteiger partial charge on any atom is 0.244 e. The number of hydrogen-bond acceptors (Lipinski definition) is 5. The third-order valence-electron chi connectivity index (χ3n) is 2.68. The lowest BCUT2D eigenvalue weighted by Gasteiger charge is -2.16. The van der Waals surface area contributed by atoms with Gasteiger partial charge in [0, 0.05) is 11.1 Å². The van der Waals surface area contributed by atoms with E-state index < -0.39 is 10.0 Å². The molecule has 0 radical (unpaired) electrons. The molecule has 0 aliphatic heterocycles. The molecule has 0 fully saturated rings. The van der Waals surface area contributed by atoms with Crippen LogP contribution < -0.4 is 10.5 Å². The molecule has 19 heavy (non-hydrogen) atoms. The van der Waals surface area contributed by atoms with Gasteiger partial charge in [-0.15, -0.1) is 11.3 Å². The van der Waals surface area contributed by atoms with Crippen molar-refractivity contribution in [2.45, 2.75) is 24.3 Å². The molecule has 2 aromatic heterocycles. The normalized spacial score (nSPS) is 13.3. The minimum Gasteiger partial charge on any atom is -0.383 e. The minimum atomic E-state index is -3.66. The second-order valence-corrected chi connectivity index (χ2v) is 6.65. The molecule has 0 saturated heterocycles. The van der Waals surface area contributed by atoms with Crippen LogP contribution in [-0.2, 0) is 10.0 Å². The average molecular weight is 297 g/mol. The van der Waals surface area contributed by atoms with Crippen molar-refractivity contribution in [1.29, 1.82) is 0 Å². The summed E-state index contributed by atoms with van der Waals surface area (Å²) in [6.07, 6.45) is 2.13. The molecule has 102 valence electrons. The van der Waals surface area contributed by atoms with Crippen LogP contribution >= 0.6 is 11.3 Å². The highest BCUT2D eigenvalue weighted by Gasteiger charge is 2.23. The number of aromatic nitrogens is 1. The number of nitrogen functional groups attached to an aromatic ring is 1. The topological polar surface area (TPSA) is 85.1 Å². The highest BCUT2D eigenvalue weighted by Crippen LogP contribution is 2.25. The van der Waals surface area contributed by atoms with E-state index in [-0.39, 0.29) is 16.8 Å². The number of thiophene rings is 1. The third kappa shape index (κ3) is 3.12. The van der Waals surface area contributed by atoms with Gasteiger partial charge in [0.2, 0.25) is 10.0 Å². The Morgan fingerprint density at radius 2 is 2.21 bits per heavy atom. The van der Waals surface area contributed by atoms with Crippen LogP contribution in [0.25, 0.3) is 0 Å². The zero-order valence-corrected chi connectivity index (χ0v) is 12.0. The lowest BCUT2D eigenvalue weighted by atomic mass is 10.2. The summed E-state index contributed by atoms with van der Waals surface area (Å²) in [4.78, 5) is 4.80. The molecule has 2 heterocycles. The molecule has 2 aromatic rings. The van der Waals surface area contributed by atoms with Crippen LogP contribution in [0.2, 0.25) is 0 Å². The van der Waals surface area contributed by atoms with Crippen molar-refractivity contribution in [3.05, 3.63) is 40.7 Å². The molecule has 0 aliphatic carbocycles. The van der Waals surface area contributed by atoms with Crippen molar-refractivity contribution in [2.75, 3.05) is 5.73 Å². The summed E-state index contributed by atoms with van der Waals surface area (Å²) in [7, 11) is -3.66. The second kappa shape index (κ2) is 5.68. The molecule has 1 atom stereocenters. The largest absolute Gasteiger partial charge is 0.383 e. The maximum atomic E-state index is 12.3. The van der Waals surface area contributed by atoms with Crippen LogP contribution in [0.15, 0.2) is 40.7 Å². The zero-order valence-electron chi connectivity index (χ0n) is 10.4. The first-order valence-corrected chi connectivity index (χ1v) is 8.17. The Bertz CT molecular complexity index is 639. The number of sulfonamides is 1. The van der Waals surface area contributed by atoms with Crippen LogP contribution in [-0.4, -0.2) is 13.4 Å². The predicted molar refractivity (Wildman–Crippen MR) is 76.3 cm³/mol. The Morgan fingerprint density at radius 1 is 1.42 bits per heavy atom. The molecular weight excluding hydrogens is 282 g/mol. The molecule has 0 aromatic carbocycles. The Balaban J connectivity index is 2.29. The fraction of sp³-hybridized carbons (Fsp3) is 0.250. The third-order valence-corrected chi connectivity index (χ3v) is 5.19. The number of nitrogens with two attached hydrogens (primary N) is 1. The summed E-state index contributed by atoms with van der Waals surface area (Å²) in [5, 5.41) is 1.92. The molecule has 3 N–H and O–H groups in total. The first-order valence-electron chi connectivity index (χ1n) is 5.81. The van der Waals surface area contributed by atoms with E-state index in [0.29, 0.717) is 6.42 Å². The van der Waals surface area contributed by atoms with E-state index in [0.717, 1.165) is 4.88 Å². The van der Waals surface area contributed by atoms with Gasteiger partial charge in [0.05, 0.1) is 6.04 Å². The summed E-state index contributed by atoms with van der Waals surface area (Å²) in [6, 6.07) is 6.57. The van der Waals surface area contributed by atoms with Gasteiger partial charge in [-0.2, -0.15) is 0 Å². The average Bonchev–Trinajstić information content (AvgIpc) is 2.90. The summed E-state index contributed by atoms with van der Waals surface area (Å²) in [5.74, 6) is 0.0102. The van der Waals surface area contributed by atoms with Gasteiger partial charge in [-0.1, -0.05) is 13.0 Å². The standard InChI is InChI=1S/C12H15N3O2S2/c1-2-9(10-5-4-8-18-10)15-19(16,17)11-6-3-7-14-12(11)13/h3-9,15H,2H2,1H3,(H2,13,14). The number of rotatable bonds is 5. The van der Waals surface area contributed by atoms with Gasteiger partial charge in [0.1, 0.15) is 10.7 Å². The Labute approximate surface area is 116 Å². The Kier molecular flexibility index (Phi) is 4.18. The lowest BCUT2D eigenvalue weighted by Crippen LogP contribution is -2.28. The molecule has 2 rings (SSSR count). The van der Waals surface area contributed by atoms with Crippen molar-refractivity contribution >= 4 is 27.2 Å². The molecule has 5 nitrogen and oxygen atoms in total. The van der Waals surface area contributed by atoms with Gasteiger partial charge < -0.3 is 5.73 Å². The van der Waals surface area contributed by atoms with Crippen LogP contribution in [0, 0.1) is 0 Å². The highest BCUT2D eigenvalue weighted by atomic mass is 32.2. The van der Waals surface area contributed by atoms with Gasteiger partial charge in [-0.05, 0) is 30.0 Å². The fourth-order valence-corrected chi connectivity index (χ4v) is 4.03. The van der Waals surface area contributed by atoms with Crippen molar-refractivity contribution in [3.8, 4) is 0 Å². The van der Waals surface area contributed by atoms with E-state index >= 15 is 0 Å². The number of pyridine rings is 1. The zero-order chi connectivity index (χ0) is 13.9. The summed E-state index contributed by atoms with van der Waals surface area (Å²) >= 11 is 1.52.